The number of amides is 4. The molecule has 2 atom stereocenters. The van der Waals surface area contributed by atoms with Crippen molar-refractivity contribution in [1.29, 1.82) is 0 Å². The third-order valence-corrected chi connectivity index (χ3v) is 8.34. The van der Waals surface area contributed by atoms with Crippen molar-refractivity contribution >= 4 is 69.6 Å². The molecule has 1 aromatic rings. The number of nitrogens with zero attached hydrogens (tertiary/aromatic N) is 2. The van der Waals surface area contributed by atoms with E-state index in [9.17, 15) is 28.8 Å². The molecule has 1 fully saturated rings. The molecule has 0 aromatic carbocycles. The van der Waals surface area contributed by atoms with Crippen LogP contribution in [0.15, 0.2) is 22.7 Å². The zero-order valence-corrected chi connectivity index (χ0v) is 27.2. The number of nitrogens with two attached hydrogens (primary N) is 1. The highest BCUT2D eigenvalue weighted by Crippen LogP contribution is 2.41. The van der Waals surface area contributed by atoms with Gasteiger partial charge in [0, 0.05) is 22.1 Å². The maximum atomic E-state index is 13.4. The van der Waals surface area contributed by atoms with Crippen molar-refractivity contribution in [3.8, 4) is 0 Å². The van der Waals surface area contributed by atoms with Crippen LogP contribution < -0.4 is 16.4 Å². The van der Waals surface area contributed by atoms with Crippen molar-refractivity contribution in [2.45, 2.75) is 66.3 Å². The van der Waals surface area contributed by atoms with Crippen LogP contribution in [-0.2, 0) is 38.2 Å². The number of hydrogen-bond acceptors (Lipinski definition) is 12. The van der Waals surface area contributed by atoms with Gasteiger partial charge in [-0.05, 0) is 27.2 Å². The minimum atomic E-state index is -1.07. The highest BCUT2D eigenvalue weighted by molar-refractivity contribution is 8.00. The lowest BCUT2D eigenvalue weighted by Gasteiger charge is -2.49. The summed E-state index contributed by atoms with van der Waals surface area (Å²) in [5.41, 5.74) is 4.25. The Morgan fingerprint density at radius 1 is 1.09 bits per heavy atom. The molecule has 0 aliphatic carbocycles. The Morgan fingerprint density at radius 2 is 1.77 bits per heavy atom. The number of hydrogen-bond donors (Lipinski definition) is 3. The second-order valence-corrected chi connectivity index (χ2v) is 13.9. The molecule has 4 amide bonds. The van der Waals surface area contributed by atoms with Crippen LogP contribution >= 0.6 is 23.1 Å². The minimum Gasteiger partial charge on any atom is -0.445 e. The van der Waals surface area contributed by atoms with Crippen LogP contribution in [0.25, 0.3) is 5.57 Å². The molecule has 4 N–H and O–H groups in total. The van der Waals surface area contributed by atoms with Gasteiger partial charge in [-0.2, -0.15) is 0 Å². The third-order valence-electron chi connectivity index (χ3n) is 6.24. The molecule has 44 heavy (non-hydrogen) atoms. The molecule has 2 aliphatic rings. The number of ether oxygens (including phenoxy) is 3. The Morgan fingerprint density at radius 3 is 2.36 bits per heavy atom. The number of carbonyl (C=O) groups excluding carboxylic acids is 6. The molecule has 3 rings (SSSR count). The highest BCUT2D eigenvalue weighted by atomic mass is 32.2. The van der Waals surface area contributed by atoms with Crippen LogP contribution in [0.3, 0.4) is 0 Å². The zero-order valence-electron chi connectivity index (χ0n) is 25.6. The molecular weight excluding hydrogens is 614 g/mol. The summed E-state index contributed by atoms with van der Waals surface area (Å²) in [6.45, 7) is 11.0. The molecule has 240 valence electrons. The van der Waals surface area contributed by atoms with Gasteiger partial charge in [0.15, 0.2) is 5.13 Å². The Balaban J connectivity index is 1.76. The van der Waals surface area contributed by atoms with E-state index in [1.54, 1.807) is 53.0 Å². The van der Waals surface area contributed by atoms with E-state index in [0.717, 1.165) is 4.90 Å². The van der Waals surface area contributed by atoms with Crippen molar-refractivity contribution in [1.82, 2.24) is 15.2 Å². The second-order valence-electron chi connectivity index (χ2n) is 11.9. The lowest BCUT2D eigenvalue weighted by molar-refractivity contribution is -0.173. The number of esters is 2. The molecule has 0 radical (unpaired) electrons. The van der Waals surface area contributed by atoms with E-state index in [1.165, 1.54) is 23.1 Å². The Kier molecular flexibility index (Phi) is 10.8. The van der Waals surface area contributed by atoms with Crippen LogP contribution in [-0.4, -0.2) is 76.2 Å². The van der Waals surface area contributed by atoms with Gasteiger partial charge in [0.25, 0.3) is 11.8 Å². The van der Waals surface area contributed by atoms with Gasteiger partial charge in [0.1, 0.15) is 23.7 Å². The molecule has 0 bridgehead atoms. The van der Waals surface area contributed by atoms with E-state index >= 15 is 0 Å². The standard InChI is InChI=1S/C28H37N5O9S2/c1-8-9-15(16-12-44-26(30-16)32-23(37)27(2,3)4)19(34)31-17-20(35)33-18(14(10-40-25(29)39)11-43-21(17)33)22(36)41-13-42-24(38)28(5,6)7/h9,12,17,21H,8,10-11,13H2,1-7H3,(H2,29,39)(H,31,34)(H,30,32,37)/b15-9-/t17-,21-/m1/s1. The molecule has 0 spiro atoms. The number of aromatic nitrogens is 1. The number of primary amides is 1. The van der Waals surface area contributed by atoms with E-state index in [-0.39, 0.29) is 35.1 Å². The number of anilines is 1. The van der Waals surface area contributed by atoms with Crippen molar-refractivity contribution < 1.29 is 43.0 Å². The van der Waals surface area contributed by atoms with E-state index < -0.39 is 58.9 Å². The van der Waals surface area contributed by atoms with Gasteiger partial charge in [0.2, 0.25) is 12.7 Å². The number of carbonyl (C=O) groups is 6. The Hall–Kier alpha value is -3.92. The summed E-state index contributed by atoms with van der Waals surface area (Å²) in [6.07, 6.45) is 1.08. The molecule has 3 heterocycles. The Labute approximate surface area is 263 Å². The summed E-state index contributed by atoms with van der Waals surface area (Å²) in [4.78, 5) is 81.0. The van der Waals surface area contributed by atoms with Crippen molar-refractivity contribution in [2.24, 2.45) is 16.6 Å². The summed E-state index contributed by atoms with van der Waals surface area (Å²) >= 11 is 2.41. The first-order valence-corrected chi connectivity index (χ1v) is 15.6. The summed E-state index contributed by atoms with van der Waals surface area (Å²) in [7, 11) is 0. The van der Waals surface area contributed by atoms with E-state index in [0.29, 0.717) is 17.2 Å². The van der Waals surface area contributed by atoms with Gasteiger partial charge >= 0.3 is 18.0 Å². The number of nitrogens with one attached hydrogen (secondary N) is 2. The smallest absolute Gasteiger partial charge is 0.404 e. The summed E-state index contributed by atoms with van der Waals surface area (Å²) < 4.78 is 15.0. The summed E-state index contributed by atoms with van der Waals surface area (Å²) in [5, 5.41) is 6.76. The normalized spacial score (nSPS) is 18.6. The first-order chi connectivity index (χ1) is 20.4. The molecule has 16 heteroatoms. The zero-order chi connectivity index (χ0) is 33.0. The van der Waals surface area contributed by atoms with Crippen LogP contribution in [0, 0.1) is 10.8 Å². The third kappa shape index (κ3) is 8.16. The van der Waals surface area contributed by atoms with Gasteiger partial charge < -0.3 is 30.6 Å². The number of β-lactam (4-membered cyclic amide) rings is 1. The lowest BCUT2D eigenvalue weighted by atomic mass is 9.96. The second kappa shape index (κ2) is 13.8. The van der Waals surface area contributed by atoms with Gasteiger partial charge in [-0.1, -0.05) is 33.8 Å². The quantitative estimate of drug-likeness (QED) is 0.146. The predicted molar refractivity (Wildman–Crippen MR) is 163 cm³/mol. The molecule has 2 aliphatic heterocycles. The molecule has 1 saturated heterocycles. The van der Waals surface area contributed by atoms with Crippen LogP contribution in [0.1, 0.15) is 60.6 Å². The fourth-order valence-electron chi connectivity index (χ4n) is 3.84. The van der Waals surface area contributed by atoms with Crippen LogP contribution in [0.2, 0.25) is 0 Å². The highest BCUT2D eigenvalue weighted by Gasteiger charge is 2.54. The first-order valence-electron chi connectivity index (χ1n) is 13.7. The largest absolute Gasteiger partial charge is 0.445 e. The van der Waals surface area contributed by atoms with Crippen molar-refractivity contribution in [3.63, 3.8) is 0 Å². The topological polar surface area (TPSA) is 196 Å². The fourth-order valence-corrected chi connectivity index (χ4v) is 5.87. The minimum absolute atomic E-state index is 0.154. The lowest BCUT2D eigenvalue weighted by Crippen LogP contribution is -2.70. The maximum absolute atomic E-state index is 13.4. The monoisotopic (exact) mass is 651 g/mol. The number of fused-ring (bicyclic) bond motifs is 1. The first kappa shape index (κ1) is 34.6. The van der Waals surface area contributed by atoms with Gasteiger partial charge in [-0.3, -0.25) is 24.1 Å². The number of allylic oxidation sites excluding steroid dienone is 1. The van der Waals surface area contributed by atoms with Crippen molar-refractivity contribution in [2.75, 3.05) is 24.5 Å². The van der Waals surface area contributed by atoms with E-state index in [4.69, 9.17) is 19.9 Å². The van der Waals surface area contributed by atoms with E-state index in [2.05, 4.69) is 15.6 Å². The fraction of sp³-hybridized carbons (Fsp3) is 0.536. The van der Waals surface area contributed by atoms with E-state index in [1.807, 2.05) is 6.92 Å². The SMILES string of the molecule is CC/C=C(\C(=O)N[C@@H]1C(=O)N2C(C(=O)OCOC(=O)C(C)(C)C)=C(COC(N)=O)CS[C@H]12)c1csc(NC(=O)C(C)(C)C)n1. The molecule has 14 nitrogen and oxygen atoms in total. The summed E-state index contributed by atoms with van der Waals surface area (Å²) in [5.74, 6) is -2.81. The number of thiazole rings is 1. The molecular formula is C28H37N5O9S2. The molecule has 1 aromatic heterocycles. The Bertz CT molecular complexity index is 1400. The van der Waals surface area contributed by atoms with Gasteiger partial charge in [-0.25, -0.2) is 14.6 Å². The average molecular weight is 652 g/mol. The number of rotatable bonds is 10. The predicted octanol–water partition coefficient (Wildman–Crippen LogP) is 2.76. The maximum Gasteiger partial charge on any atom is 0.404 e. The molecule has 0 unspecified atom stereocenters. The number of thioether (sulfide) groups is 1. The van der Waals surface area contributed by atoms with Gasteiger partial charge in [-0.15, -0.1) is 23.1 Å². The van der Waals surface area contributed by atoms with Crippen molar-refractivity contribution in [3.05, 3.63) is 28.4 Å². The molecule has 0 saturated carbocycles. The van der Waals surface area contributed by atoms with Crippen LogP contribution in [0.4, 0.5) is 9.93 Å². The van der Waals surface area contributed by atoms with Gasteiger partial charge in [0.05, 0.1) is 16.7 Å². The average Bonchev–Trinajstić information content (AvgIpc) is 3.39. The summed E-state index contributed by atoms with van der Waals surface area (Å²) in [6, 6.07) is -0.994. The van der Waals surface area contributed by atoms with Crippen LogP contribution in [0.5, 0.6) is 0 Å².